The van der Waals surface area contributed by atoms with Gasteiger partial charge in [0.15, 0.2) is 5.58 Å². The third-order valence-corrected chi connectivity index (χ3v) is 4.39. The van der Waals surface area contributed by atoms with E-state index in [1.165, 1.54) is 19.3 Å². The first-order valence-corrected chi connectivity index (χ1v) is 7.54. The Hall–Kier alpha value is -1.71. The van der Waals surface area contributed by atoms with Crippen LogP contribution in [0.4, 0.5) is 11.7 Å². The van der Waals surface area contributed by atoms with Crippen LogP contribution in [0, 0.1) is 11.8 Å². The highest BCUT2D eigenvalue weighted by molar-refractivity contribution is 5.78. The Labute approximate surface area is 120 Å². The number of hydrogen-bond donors (Lipinski definition) is 1. The predicted molar refractivity (Wildman–Crippen MR) is 82.8 cm³/mol. The van der Waals surface area contributed by atoms with Crippen molar-refractivity contribution in [3.63, 3.8) is 0 Å². The lowest BCUT2D eigenvalue weighted by Crippen LogP contribution is -2.24. The van der Waals surface area contributed by atoms with E-state index in [1.807, 2.05) is 18.2 Å². The molecule has 0 radical (unpaired) electrons. The molecule has 3 rings (SSSR count). The minimum Gasteiger partial charge on any atom is -0.423 e. The van der Waals surface area contributed by atoms with Gasteiger partial charge in [-0.2, -0.15) is 4.98 Å². The van der Waals surface area contributed by atoms with Crippen molar-refractivity contribution in [2.75, 3.05) is 23.7 Å². The zero-order valence-electron chi connectivity index (χ0n) is 12.3. The summed E-state index contributed by atoms with van der Waals surface area (Å²) in [4.78, 5) is 6.87. The largest absolute Gasteiger partial charge is 0.423 e. The first-order chi connectivity index (χ1) is 9.63. The highest BCUT2D eigenvalue weighted by Gasteiger charge is 2.22. The maximum atomic E-state index is 5.87. The molecule has 1 unspecified atom stereocenters. The van der Waals surface area contributed by atoms with Crippen molar-refractivity contribution in [1.82, 2.24) is 4.98 Å². The molecule has 1 aromatic heterocycles. The first-order valence-electron chi connectivity index (χ1n) is 7.54. The summed E-state index contributed by atoms with van der Waals surface area (Å²) in [5.41, 5.74) is 8.18. The van der Waals surface area contributed by atoms with Gasteiger partial charge in [-0.3, -0.25) is 0 Å². The van der Waals surface area contributed by atoms with E-state index in [9.17, 15) is 0 Å². The summed E-state index contributed by atoms with van der Waals surface area (Å²) in [6.45, 7) is 6.71. The number of fused-ring (bicyclic) bond motifs is 1. The van der Waals surface area contributed by atoms with Crippen molar-refractivity contribution in [2.45, 2.75) is 33.1 Å². The van der Waals surface area contributed by atoms with Gasteiger partial charge in [-0.1, -0.05) is 13.8 Å². The first kappa shape index (κ1) is 13.3. The molecule has 1 fully saturated rings. The van der Waals surface area contributed by atoms with Gasteiger partial charge in [0.25, 0.3) is 6.01 Å². The number of anilines is 2. The van der Waals surface area contributed by atoms with Crippen LogP contribution in [0.15, 0.2) is 22.6 Å². The lowest BCUT2D eigenvalue weighted by atomic mass is 9.89. The molecule has 1 aliphatic heterocycles. The molecule has 108 valence electrons. The van der Waals surface area contributed by atoms with Gasteiger partial charge < -0.3 is 15.1 Å². The Morgan fingerprint density at radius 2 is 2.15 bits per heavy atom. The maximum Gasteiger partial charge on any atom is 0.298 e. The van der Waals surface area contributed by atoms with Gasteiger partial charge in [-0.05, 0) is 43.2 Å². The summed E-state index contributed by atoms with van der Waals surface area (Å²) in [6.07, 6.45) is 3.74. The minimum atomic E-state index is 0.718. The van der Waals surface area contributed by atoms with Crippen LogP contribution >= 0.6 is 0 Å². The van der Waals surface area contributed by atoms with Crippen LogP contribution in [0.1, 0.15) is 33.1 Å². The molecule has 20 heavy (non-hydrogen) atoms. The Bertz CT molecular complexity index is 590. The smallest absolute Gasteiger partial charge is 0.298 e. The molecule has 0 spiro atoms. The second-order valence-corrected chi connectivity index (χ2v) is 6.15. The standard InChI is InChI=1S/C16H23N3O/c1-11(2)12-4-3-8-19(9-7-12)16-18-14-6-5-13(17)10-15(14)20-16/h5-6,10-12H,3-4,7-9,17H2,1-2H3. The van der Waals surface area contributed by atoms with Gasteiger partial charge in [-0.15, -0.1) is 0 Å². The summed E-state index contributed by atoms with van der Waals surface area (Å²) in [5.74, 6) is 1.58. The Morgan fingerprint density at radius 1 is 1.30 bits per heavy atom. The molecule has 2 aromatic rings. The summed E-state index contributed by atoms with van der Waals surface area (Å²) < 4.78 is 5.87. The fraction of sp³-hybridized carbons (Fsp3) is 0.562. The number of aromatic nitrogens is 1. The van der Waals surface area contributed by atoms with E-state index in [-0.39, 0.29) is 0 Å². The van der Waals surface area contributed by atoms with Crippen LogP contribution in [0.2, 0.25) is 0 Å². The van der Waals surface area contributed by atoms with E-state index in [0.29, 0.717) is 0 Å². The molecule has 1 aliphatic rings. The lowest BCUT2D eigenvalue weighted by Gasteiger charge is -2.19. The highest BCUT2D eigenvalue weighted by atomic mass is 16.4. The number of benzene rings is 1. The topological polar surface area (TPSA) is 55.3 Å². The van der Waals surface area contributed by atoms with E-state index >= 15 is 0 Å². The second-order valence-electron chi connectivity index (χ2n) is 6.15. The Morgan fingerprint density at radius 3 is 2.95 bits per heavy atom. The third kappa shape index (κ3) is 2.60. The number of nitrogens with two attached hydrogens (primary N) is 1. The Balaban J connectivity index is 1.80. The summed E-state index contributed by atoms with van der Waals surface area (Å²) in [5, 5.41) is 0. The van der Waals surface area contributed by atoms with Crippen LogP contribution in [0.3, 0.4) is 0 Å². The van der Waals surface area contributed by atoms with Crippen molar-refractivity contribution >= 4 is 22.8 Å². The van der Waals surface area contributed by atoms with Gasteiger partial charge >= 0.3 is 0 Å². The molecule has 1 aromatic carbocycles. The van der Waals surface area contributed by atoms with Crippen LogP contribution in [-0.4, -0.2) is 18.1 Å². The quantitative estimate of drug-likeness (QED) is 0.848. The normalized spacial score (nSPS) is 20.6. The fourth-order valence-corrected chi connectivity index (χ4v) is 3.04. The zero-order chi connectivity index (χ0) is 14.1. The molecule has 1 saturated heterocycles. The Kier molecular flexibility index (Phi) is 3.55. The molecule has 2 heterocycles. The number of rotatable bonds is 2. The van der Waals surface area contributed by atoms with E-state index in [1.54, 1.807) is 0 Å². The van der Waals surface area contributed by atoms with Gasteiger partial charge in [-0.25, -0.2) is 0 Å². The molecule has 0 bridgehead atoms. The van der Waals surface area contributed by atoms with E-state index in [0.717, 1.165) is 47.7 Å². The molecule has 1 atom stereocenters. The molecule has 0 amide bonds. The van der Waals surface area contributed by atoms with Gasteiger partial charge in [0, 0.05) is 24.8 Å². The number of hydrogen-bond acceptors (Lipinski definition) is 4. The molecular weight excluding hydrogens is 250 g/mol. The third-order valence-electron chi connectivity index (χ3n) is 4.39. The van der Waals surface area contributed by atoms with Crippen molar-refractivity contribution in [1.29, 1.82) is 0 Å². The van der Waals surface area contributed by atoms with E-state index < -0.39 is 0 Å². The highest BCUT2D eigenvalue weighted by Crippen LogP contribution is 2.29. The van der Waals surface area contributed by atoms with Crippen LogP contribution in [-0.2, 0) is 0 Å². The lowest BCUT2D eigenvalue weighted by molar-refractivity contribution is 0.351. The summed E-state index contributed by atoms with van der Waals surface area (Å²) in [7, 11) is 0. The monoisotopic (exact) mass is 273 g/mol. The van der Waals surface area contributed by atoms with Crippen LogP contribution in [0.5, 0.6) is 0 Å². The number of nitrogens with zero attached hydrogens (tertiary/aromatic N) is 2. The minimum absolute atomic E-state index is 0.718. The van der Waals surface area contributed by atoms with Gasteiger partial charge in [0.2, 0.25) is 0 Å². The summed E-state index contributed by atoms with van der Waals surface area (Å²) >= 11 is 0. The van der Waals surface area contributed by atoms with Crippen molar-refractivity contribution in [2.24, 2.45) is 11.8 Å². The average Bonchev–Trinajstić information content (AvgIpc) is 2.67. The fourth-order valence-electron chi connectivity index (χ4n) is 3.04. The van der Waals surface area contributed by atoms with E-state index in [2.05, 4.69) is 23.7 Å². The average molecular weight is 273 g/mol. The van der Waals surface area contributed by atoms with E-state index in [4.69, 9.17) is 10.2 Å². The molecular formula is C16H23N3O. The predicted octanol–water partition coefficient (Wildman–Crippen LogP) is 3.67. The number of oxazole rings is 1. The SMILES string of the molecule is CC(C)C1CCCN(c2nc3ccc(N)cc3o2)CC1. The second kappa shape index (κ2) is 5.35. The summed E-state index contributed by atoms with van der Waals surface area (Å²) in [6, 6.07) is 6.38. The molecule has 4 heteroatoms. The molecule has 4 nitrogen and oxygen atoms in total. The maximum absolute atomic E-state index is 5.87. The van der Waals surface area contributed by atoms with Crippen molar-refractivity contribution in [3.8, 4) is 0 Å². The molecule has 0 saturated carbocycles. The molecule has 0 aliphatic carbocycles. The molecule has 2 N–H and O–H groups in total. The van der Waals surface area contributed by atoms with Crippen molar-refractivity contribution < 1.29 is 4.42 Å². The number of nitrogen functional groups attached to an aromatic ring is 1. The van der Waals surface area contributed by atoms with Gasteiger partial charge in [0.05, 0.1) is 0 Å². The van der Waals surface area contributed by atoms with Crippen LogP contribution in [0.25, 0.3) is 11.1 Å². The zero-order valence-corrected chi connectivity index (χ0v) is 12.3. The van der Waals surface area contributed by atoms with Crippen molar-refractivity contribution in [3.05, 3.63) is 18.2 Å². The van der Waals surface area contributed by atoms with Gasteiger partial charge in [0.1, 0.15) is 5.52 Å². The van der Waals surface area contributed by atoms with Crippen LogP contribution < -0.4 is 10.6 Å².